The number of rotatable bonds is 3. The maximum absolute atomic E-state index is 6.21. The highest BCUT2D eigenvalue weighted by atomic mass is 35.5. The summed E-state index contributed by atoms with van der Waals surface area (Å²) in [5.41, 5.74) is 1.78. The molecule has 3 aromatic rings. The maximum Gasteiger partial charge on any atom is 0.269 e. The highest BCUT2D eigenvalue weighted by Gasteiger charge is 2.11. The molecular formula is C16H10Cl2N2O. The number of hydrogen-bond acceptors (Lipinski definition) is 3. The molecule has 0 aliphatic rings. The Hall–Kier alpha value is -2.10. The Balaban J connectivity index is 1.88. The van der Waals surface area contributed by atoms with Gasteiger partial charge in [-0.3, -0.25) is 0 Å². The fourth-order valence-corrected chi connectivity index (χ4v) is 2.12. The summed E-state index contributed by atoms with van der Waals surface area (Å²) in [5.74, 6) is 0.756. The van der Waals surface area contributed by atoms with Gasteiger partial charge in [-0.25, -0.2) is 0 Å². The van der Waals surface area contributed by atoms with Crippen LogP contribution >= 0.6 is 23.2 Å². The van der Waals surface area contributed by atoms with Crippen LogP contribution in [0.4, 0.5) is 0 Å². The first-order chi connectivity index (χ1) is 10.2. The number of nitrogens with zero attached hydrogens (tertiary/aromatic N) is 2. The topological polar surface area (TPSA) is 38.9 Å². The number of halogens is 2. The standard InChI is InChI=1S/C16H10Cl2N2O/c17-13-8-6-12(7-9-13)15-19-16(21-20-15)14(18)10-11-4-2-1-3-5-11/h1-10H/b14-10-. The minimum Gasteiger partial charge on any atom is -0.333 e. The van der Waals surface area contributed by atoms with E-state index in [9.17, 15) is 0 Å². The normalized spacial score (nSPS) is 11.6. The lowest BCUT2D eigenvalue weighted by atomic mass is 10.2. The molecule has 0 aliphatic heterocycles. The first kappa shape index (κ1) is 13.9. The van der Waals surface area contributed by atoms with E-state index in [4.69, 9.17) is 27.7 Å². The zero-order chi connectivity index (χ0) is 14.7. The lowest BCUT2D eigenvalue weighted by Gasteiger charge is -1.94. The average molecular weight is 317 g/mol. The van der Waals surface area contributed by atoms with Gasteiger partial charge in [-0.2, -0.15) is 4.98 Å². The van der Waals surface area contributed by atoms with E-state index in [0.717, 1.165) is 11.1 Å². The molecule has 0 saturated heterocycles. The molecule has 1 heterocycles. The largest absolute Gasteiger partial charge is 0.333 e. The van der Waals surface area contributed by atoms with Gasteiger partial charge in [0.05, 0.1) is 0 Å². The summed E-state index contributed by atoms with van der Waals surface area (Å²) >= 11 is 12.1. The maximum atomic E-state index is 6.21. The van der Waals surface area contributed by atoms with Crippen LogP contribution in [0, 0.1) is 0 Å². The van der Waals surface area contributed by atoms with E-state index < -0.39 is 0 Å². The van der Waals surface area contributed by atoms with E-state index in [2.05, 4.69) is 10.1 Å². The zero-order valence-corrected chi connectivity index (χ0v) is 12.3. The summed E-state index contributed by atoms with van der Waals surface area (Å²) < 4.78 is 5.19. The van der Waals surface area contributed by atoms with Crippen molar-refractivity contribution < 1.29 is 4.52 Å². The molecule has 1 aromatic heterocycles. The van der Waals surface area contributed by atoms with Crippen LogP contribution in [-0.2, 0) is 0 Å². The smallest absolute Gasteiger partial charge is 0.269 e. The van der Waals surface area contributed by atoms with E-state index in [0.29, 0.717) is 15.9 Å². The quantitative estimate of drug-likeness (QED) is 0.672. The van der Waals surface area contributed by atoms with Gasteiger partial charge in [-0.05, 0) is 35.9 Å². The third-order valence-electron chi connectivity index (χ3n) is 2.83. The Labute approximate surface area is 131 Å². The third kappa shape index (κ3) is 3.32. The second-order valence-electron chi connectivity index (χ2n) is 4.33. The molecule has 0 bridgehead atoms. The van der Waals surface area contributed by atoms with Crippen LogP contribution in [0.1, 0.15) is 11.5 Å². The summed E-state index contributed by atoms with van der Waals surface area (Å²) in [5, 5.41) is 4.98. The van der Waals surface area contributed by atoms with E-state index in [1.807, 2.05) is 42.5 Å². The molecule has 0 spiro atoms. The van der Waals surface area contributed by atoms with Crippen LogP contribution in [-0.4, -0.2) is 10.1 Å². The highest BCUT2D eigenvalue weighted by Crippen LogP contribution is 2.24. The van der Waals surface area contributed by atoms with Gasteiger partial charge in [-0.15, -0.1) is 0 Å². The van der Waals surface area contributed by atoms with Gasteiger partial charge in [0.2, 0.25) is 5.82 Å². The second-order valence-corrected chi connectivity index (χ2v) is 5.18. The Kier molecular flexibility index (Phi) is 4.04. The Morgan fingerprint density at radius 1 is 1.00 bits per heavy atom. The second kappa shape index (κ2) is 6.12. The fraction of sp³-hybridized carbons (Fsp3) is 0. The monoisotopic (exact) mass is 316 g/mol. The molecule has 5 heteroatoms. The predicted molar refractivity (Wildman–Crippen MR) is 84.9 cm³/mol. The number of aromatic nitrogens is 2. The first-order valence-corrected chi connectivity index (χ1v) is 7.00. The van der Waals surface area contributed by atoms with Gasteiger partial charge >= 0.3 is 0 Å². The Bertz CT molecular complexity index is 764. The molecule has 0 fully saturated rings. The lowest BCUT2D eigenvalue weighted by molar-refractivity contribution is 0.410. The van der Waals surface area contributed by atoms with Crippen LogP contribution in [0.5, 0.6) is 0 Å². The van der Waals surface area contributed by atoms with Crippen molar-refractivity contribution in [3.05, 3.63) is 71.1 Å². The van der Waals surface area contributed by atoms with Crippen molar-refractivity contribution in [3.8, 4) is 11.4 Å². The Morgan fingerprint density at radius 3 is 2.43 bits per heavy atom. The minimum absolute atomic E-state index is 0.283. The summed E-state index contributed by atoms with van der Waals surface area (Å²) in [6.07, 6.45) is 1.78. The molecule has 0 unspecified atom stereocenters. The zero-order valence-electron chi connectivity index (χ0n) is 10.8. The molecule has 3 nitrogen and oxygen atoms in total. The van der Waals surface area contributed by atoms with Crippen LogP contribution in [0.25, 0.3) is 22.5 Å². The first-order valence-electron chi connectivity index (χ1n) is 6.24. The van der Waals surface area contributed by atoms with Crippen molar-refractivity contribution in [2.75, 3.05) is 0 Å². The van der Waals surface area contributed by atoms with Crippen molar-refractivity contribution in [1.82, 2.24) is 10.1 Å². The molecule has 104 valence electrons. The summed E-state index contributed by atoms with van der Waals surface area (Å²) in [6, 6.07) is 16.9. The van der Waals surface area contributed by atoms with Crippen LogP contribution in [0.2, 0.25) is 5.02 Å². The van der Waals surface area contributed by atoms with E-state index in [1.165, 1.54) is 0 Å². The van der Waals surface area contributed by atoms with Gasteiger partial charge in [-0.1, -0.05) is 58.7 Å². The highest BCUT2D eigenvalue weighted by molar-refractivity contribution is 6.50. The molecule has 0 aliphatic carbocycles. The third-order valence-corrected chi connectivity index (χ3v) is 3.35. The molecular weight excluding hydrogens is 307 g/mol. The fourth-order valence-electron chi connectivity index (χ4n) is 1.79. The van der Waals surface area contributed by atoms with Gasteiger partial charge < -0.3 is 4.52 Å². The van der Waals surface area contributed by atoms with E-state index in [1.54, 1.807) is 18.2 Å². The number of hydrogen-bond donors (Lipinski definition) is 0. The molecule has 0 atom stereocenters. The molecule has 3 rings (SSSR count). The molecule has 2 aromatic carbocycles. The molecule has 0 radical (unpaired) electrons. The molecule has 0 amide bonds. The average Bonchev–Trinajstić information content (AvgIpc) is 2.99. The van der Waals surface area contributed by atoms with Crippen molar-refractivity contribution in [2.24, 2.45) is 0 Å². The van der Waals surface area contributed by atoms with Gasteiger partial charge in [0.1, 0.15) is 5.03 Å². The number of benzene rings is 2. The van der Waals surface area contributed by atoms with Crippen LogP contribution < -0.4 is 0 Å². The summed E-state index contributed by atoms with van der Waals surface area (Å²) in [6.45, 7) is 0. The van der Waals surface area contributed by atoms with Crippen molar-refractivity contribution in [1.29, 1.82) is 0 Å². The van der Waals surface area contributed by atoms with Gasteiger partial charge in [0.15, 0.2) is 0 Å². The van der Waals surface area contributed by atoms with Crippen LogP contribution in [0.15, 0.2) is 59.1 Å². The van der Waals surface area contributed by atoms with Crippen LogP contribution in [0.3, 0.4) is 0 Å². The van der Waals surface area contributed by atoms with Crippen molar-refractivity contribution in [3.63, 3.8) is 0 Å². The van der Waals surface area contributed by atoms with Crippen molar-refractivity contribution in [2.45, 2.75) is 0 Å². The van der Waals surface area contributed by atoms with E-state index in [-0.39, 0.29) is 5.89 Å². The molecule has 0 N–H and O–H groups in total. The van der Waals surface area contributed by atoms with Crippen molar-refractivity contribution >= 4 is 34.3 Å². The Morgan fingerprint density at radius 2 is 1.71 bits per heavy atom. The van der Waals surface area contributed by atoms with Gasteiger partial charge in [0.25, 0.3) is 5.89 Å². The minimum atomic E-state index is 0.283. The van der Waals surface area contributed by atoms with Gasteiger partial charge in [0, 0.05) is 10.6 Å². The molecule has 0 saturated carbocycles. The SMILES string of the molecule is Cl/C(=C\c1ccccc1)c1nc(-c2ccc(Cl)cc2)no1. The molecule has 21 heavy (non-hydrogen) atoms. The summed E-state index contributed by atoms with van der Waals surface area (Å²) in [7, 11) is 0. The summed E-state index contributed by atoms with van der Waals surface area (Å²) in [4.78, 5) is 4.29. The lowest BCUT2D eigenvalue weighted by Crippen LogP contribution is -1.81. The predicted octanol–water partition coefficient (Wildman–Crippen LogP) is 5.13. The van der Waals surface area contributed by atoms with E-state index >= 15 is 0 Å².